The predicted molar refractivity (Wildman–Crippen MR) is 140 cm³/mol. The number of ether oxygens (including phenoxy) is 1. The molecule has 1 saturated heterocycles. The second-order valence-corrected chi connectivity index (χ2v) is 9.69. The lowest BCUT2D eigenvalue weighted by molar-refractivity contribution is 0.0111. The monoisotopic (exact) mass is 491 g/mol. The number of hydrogen-bond donors (Lipinski definition) is 3. The Hall–Kier alpha value is -3.24. The summed E-state index contributed by atoms with van der Waals surface area (Å²) in [6.45, 7) is 1.89. The molecule has 10 nitrogen and oxygen atoms in total. The van der Waals surface area contributed by atoms with E-state index in [0.29, 0.717) is 42.5 Å². The van der Waals surface area contributed by atoms with Crippen molar-refractivity contribution in [3.05, 3.63) is 47.8 Å². The van der Waals surface area contributed by atoms with Gasteiger partial charge in [0.2, 0.25) is 0 Å². The second-order valence-electron chi connectivity index (χ2n) is 9.69. The Morgan fingerprint density at radius 3 is 2.75 bits per heavy atom. The summed E-state index contributed by atoms with van der Waals surface area (Å²) in [6, 6.07) is 8.13. The zero-order chi connectivity index (χ0) is 24.7. The first kappa shape index (κ1) is 24.5. The maximum Gasteiger partial charge on any atom is 0.319 e. The molecule has 2 amide bonds. The minimum Gasteiger partial charge on any atom is -0.660 e. The Kier molecular flexibility index (Phi) is 7.92. The SMILES string of the molecule is Nc1ncnc2c1ncn2[C@H]1CC[C@@H](C[N-]CCCNC(=O)Nc2ccc(C3CCCCC3)cc2)O1. The largest absolute Gasteiger partial charge is 0.660 e. The normalized spacial score (nSPS) is 20.6. The fraction of sp³-hybridized carbons (Fsp3) is 0.538. The van der Waals surface area contributed by atoms with Gasteiger partial charge in [0, 0.05) is 18.3 Å². The summed E-state index contributed by atoms with van der Waals surface area (Å²) in [4.78, 5) is 24.8. The van der Waals surface area contributed by atoms with Crippen LogP contribution in [0.1, 0.15) is 69.1 Å². The molecule has 5 rings (SSSR count). The number of rotatable bonds is 9. The van der Waals surface area contributed by atoms with Gasteiger partial charge in [0.15, 0.2) is 11.5 Å². The number of imidazole rings is 1. The van der Waals surface area contributed by atoms with E-state index in [4.69, 9.17) is 10.5 Å². The number of nitrogen functional groups attached to an aromatic ring is 1. The van der Waals surface area contributed by atoms with Crippen LogP contribution in [0, 0.1) is 0 Å². The number of fused-ring (bicyclic) bond motifs is 1. The second kappa shape index (κ2) is 11.7. The van der Waals surface area contributed by atoms with Gasteiger partial charge in [-0.25, -0.2) is 19.7 Å². The molecule has 2 fully saturated rings. The molecule has 4 N–H and O–H groups in total. The number of nitrogens with zero attached hydrogens (tertiary/aromatic N) is 5. The summed E-state index contributed by atoms with van der Waals surface area (Å²) in [5, 5.41) is 10.4. The Morgan fingerprint density at radius 1 is 1.08 bits per heavy atom. The molecule has 1 aliphatic carbocycles. The molecule has 36 heavy (non-hydrogen) atoms. The average Bonchev–Trinajstić information content (AvgIpc) is 3.55. The molecular weight excluding hydrogens is 456 g/mol. The standard InChI is InChI=1S/C26H35N8O2/c27-24-23-25(31-16-30-24)34(17-32-23)22-12-11-21(36-22)15-28-13-4-14-29-26(35)33-20-9-7-19(8-10-20)18-5-2-1-3-6-18/h7-10,16-18,21-22H,1-6,11-15H2,(H2,27,30,31)(H2,29,33,35)/q-1/t21-,22+/m0/s1. The fourth-order valence-corrected chi connectivity index (χ4v) is 5.18. The predicted octanol–water partition coefficient (Wildman–Crippen LogP) is 4.72. The van der Waals surface area contributed by atoms with Crippen LogP contribution in [0.3, 0.4) is 0 Å². The lowest BCUT2D eigenvalue weighted by Crippen LogP contribution is -2.30. The lowest BCUT2D eigenvalue weighted by Gasteiger charge is -2.24. The Morgan fingerprint density at radius 2 is 1.92 bits per heavy atom. The van der Waals surface area contributed by atoms with Gasteiger partial charge in [-0.1, -0.05) is 37.8 Å². The Bertz CT molecular complexity index is 1140. The van der Waals surface area contributed by atoms with Crippen molar-refractivity contribution in [2.45, 2.75) is 69.6 Å². The molecule has 3 aromatic rings. The molecule has 0 unspecified atom stereocenters. The zero-order valence-corrected chi connectivity index (χ0v) is 20.6. The number of anilines is 2. The highest BCUT2D eigenvalue weighted by Gasteiger charge is 2.26. The number of carbonyl (C=O) groups is 1. The van der Waals surface area contributed by atoms with Crippen LogP contribution < -0.4 is 16.4 Å². The molecule has 0 radical (unpaired) electrons. The van der Waals surface area contributed by atoms with E-state index in [1.165, 1.54) is 44.0 Å². The summed E-state index contributed by atoms with van der Waals surface area (Å²) >= 11 is 0. The minimum atomic E-state index is -0.181. The Balaban J connectivity index is 0.960. The van der Waals surface area contributed by atoms with Crippen LogP contribution in [0.25, 0.3) is 16.5 Å². The van der Waals surface area contributed by atoms with Crippen LogP contribution in [0.5, 0.6) is 0 Å². The van der Waals surface area contributed by atoms with Crippen LogP contribution in [0.15, 0.2) is 36.9 Å². The van der Waals surface area contributed by atoms with Crippen LogP contribution in [-0.2, 0) is 4.74 Å². The molecule has 1 aromatic carbocycles. The topological polar surface area (TPSA) is 134 Å². The van der Waals surface area contributed by atoms with E-state index in [2.05, 4.69) is 43.0 Å². The van der Waals surface area contributed by atoms with Crippen molar-refractivity contribution < 1.29 is 9.53 Å². The molecule has 1 saturated carbocycles. The van der Waals surface area contributed by atoms with Crippen LogP contribution in [-0.4, -0.2) is 51.3 Å². The van der Waals surface area contributed by atoms with Gasteiger partial charge in [-0.15, -0.1) is 13.1 Å². The fourth-order valence-electron chi connectivity index (χ4n) is 5.18. The third-order valence-electron chi connectivity index (χ3n) is 7.14. The molecule has 2 aliphatic rings. The van der Waals surface area contributed by atoms with Crippen LogP contribution in [0.2, 0.25) is 0 Å². The minimum absolute atomic E-state index is 0.0690. The first-order valence-electron chi connectivity index (χ1n) is 13.0. The van der Waals surface area contributed by atoms with Gasteiger partial charge in [-0.2, -0.15) is 0 Å². The van der Waals surface area contributed by atoms with E-state index in [9.17, 15) is 4.79 Å². The van der Waals surface area contributed by atoms with E-state index in [0.717, 1.165) is 24.9 Å². The van der Waals surface area contributed by atoms with Crippen molar-refractivity contribution in [2.24, 2.45) is 0 Å². The van der Waals surface area contributed by atoms with E-state index >= 15 is 0 Å². The number of nitrogens with one attached hydrogen (secondary N) is 2. The number of urea groups is 1. The molecule has 2 aromatic heterocycles. The van der Waals surface area contributed by atoms with Gasteiger partial charge in [-0.05, 0) is 49.3 Å². The molecule has 10 heteroatoms. The third kappa shape index (κ3) is 5.93. The van der Waals surface area contributed by atoms with Gasteiger partial charge in [0.05, 0.1) is 6.33 Å². The van der Waals surface area contributed by atoms with Gasteiger partial charge in [0.25, 0.3) is 0 Å². The third-order valence-corrected chi connectivity index (χ3v) is 7.14. The Labute approximate surface area is 211 Å². The van der Waals surface area contributed by atoms with Gasteiger partial charge in [-0.3, -0.25) is 4.57 Å². The summed E-state index contributed by atoms with van der Waals surface area (Å²) in [5.74, 6) is 1.05. The van der Waals surface area contributed by atoms with Gasteiger partial charge in [0.1, 0.15) is 18.1 Å². The van der Waals surface area contributed by atoms with E-state index in [-0.39, 0.29) is 18.4 Å². The van der Waals surface area contributed by atoms with E-state index < -0.39 is 0 Å². The molecule has 3 heterocycles. The molecule has 2 atom stereocenters. The molecular formula is C26H35N8O2-. The van der Waals surface area contributed by atoms with Crippen molar-refractivity contribution in [3.8, 4) is 0 Å². The average molecular weight is 492 g/mol. The van der Waals surface area contributed by atoms with E-state index in [1.54, 1.807) is 6.33 Å². The van der Waals surface area contributed by atoms with E-state index in [1.807, 2.05) is 16.7 Å². The number of benzene rings is 1. The summed E-state index contributed by atoms with van der Waals surface area (Å²) in [7, 11) is 0. The summed E-state index contributed by atoms with van der Waals surface area (Å²) in [5.41, 5.74) is 9.37. The van der Waals surface area contributed by atoms with Crippen molar-refractivity contribution in [1.29, 1.82) is 0 Å². The molecule has 0 bridgehead atoms. The highest BCUT2D eigenvalue weighted by Crippen LogP contribution is 2.33. The number of hydrogen-bond acceptors (Lipinski definition) is 6. The first-order valence-corrected chi connectivity index (χ1v) is 13.0. The first-order chi connectivity index (χ1) is 17.7. The molecule has 1 aliphatic heterocycles. The van der Waals surface area contributed by atoms with Crippen LogP contribution in [0.4, 0.5) is 16.3 Å². The maximum atomic E-state index is 12.2. The summed E-state index contributed by atoms with van der Waals surface area (Å²) < 4.78 is 8.08. The molecule has 0 spiro atoms. The number of nitrogens with two attached hydrogens (primary N) is 1. The van der Waals surface area contributed by atoms with Crippen molar-refractivity contribution in [2.75, 3.05) is 30.7 Å². The molecule has 192 valence electrons. The van der Waals surface area contributed by atoms with Crippen molar-refractivity contribution in [1.82, 2.24) is 24.8 Å². The summed E-state index contributed by atoms with van der Waals surface area (Å²) in [6.07, 6.45) is 12.2. The lowest BCUT2D eigenvalue weighted by atomic mass is 9.84. The van der Waals surface area contributed by atoms with Gasteiger partial charge < -0.3 is 26.4 Å². The van der Waals surface area contributed by atoms with Crippen molar-refractivity contribution in [3.63, 3.8) is 0 Å². The van der Waals surface area contributed by atoms with Gasteiger partial charge >= 0.3 is 6.03 Å². The van der Waals surface area contributed by atoms with Crippen molar-refractivity contribution >= 4 is 28.7 Å². The number of aromatic nitrogens is 4. The quantitative estimate of drug-likeness (QED) is 0.371. The highest BCUT2D eigenvalue weighted by molar-refractivity contribution is 5.89. The van der Waals surface area contributed by atoms with Crippen LogP contribution >= 0.6 is 0 Å². The number of carbonyl (C=O) groups excluding carboxylic acids is 1. The highest BCUT2D eigenvalue weighted by atomic mass is 16.5. The smallest absolute Gasteiger partial charge is 0.319 e. The zero-order valence-electron chi connectivity index (χ0n) is 20.6. The number of amides is 2. The maximum absolute atomic E-state index is 12.2.